The summed E-state index contributed by atoms with van der Waals surface area (Å²) >= 11 is 0. The fourth-order valence-corrected chi connectivity index (χ4v) is 2.33. The van der Waals surface area contributed by atoms with Gasteiger partial charge in [0.1, 0.15) is 0 Å². The lowest BCUT2D eigenvalue weighted by Gasteiger charge is -2.13. The lowest BCUT2D eigenvalue weighted by Crippen LogP contribution is -2.14. The van der Waals surface area contributed by atoms with E-state index in [1.165, 1.54) is 30.4 Å². The Hall–Kier alpha value is -0.860. The molecule has 0 amide bonds. The molecule has 1 aliphatic rings. The van der Waals surface area contributed by atoms with Crippen LogP contribution in [0.4, 0.5) is 0 Å². The van der Waals surface area contributed by atoms with Crippen molar-refractivity contribution in [3.63, 3.8) is 0 Å². The summed E-state index contributed by atoms with van der Waals surface area (Å²) in [6.07, 6.45) is 6.93. The number of ether oxygens (including phenoxy) is 1. The molecular formula is C15H23NO. The van der Waals surface area contributed by atoms with E-state index < -0.39 is 0 Å². The van der Waals surface area contributed by atoms with Gasteiger partial charge in [0.05, 0.1) is 5.60 Å². The van der Waals surface area contributed by atoms with E-state index in [4.69, 9.17) is 10.5 Å². The van der Waals surface area contributed by atoms with Crippen molar-refractivity contribution in [2.24, 2.45) is 5.73 Å². The van der Waals surface area contributed by atoms with Gasteiger partial charge in [0.15, 0.2) is 0 Å². The second kappa shape index (κ2) is 5.65. The first-order valence-corrected chi connectivity index (χ1v) is 6.61. The van der Waals surface area contributed by atoms with Crippen molar-refractivity contribution >= 4 is 0 Å². The third kappa shape index (κ3) is 3.55. The smallest absolute Gasteiger partial charge is 0.0721 e. The van der Waals surface area contributed by atoms with Crippen LogP contribution in [-0.4, -0.2) is 19.3 Å². The summed E-state index contributed by atoms with van der Waals surface area (Å²) in [5.41, 5.74) is 8.52. The number of methoxy groups -OCH3 is 1. The van der Waals surface area contributed by atoms with E-state index in [9.17, 15) is 0 Å². The summed E-state index contributed by atoms with van der Waals surface area (Å²) in [6, 6.07) is 8.92. The molecule has 2 rings (SSSR count). The molecule has 1 fully saturated rings. The number of hydrogen-bond acceptors (Lipinski definition) is 2. The van der Waals surface area contributed by atoms with Gasteiger partial charge in [-0.15, -0.1) is 0 Å². The summed E-state index contributed by atoms with van der Waals surface area (Å²) in [4.78, 5) is 0. The fourth-order valence-electron chi connectivity index (χ4n) is 2.33. The van der Waals surface area contributed by atoms with Crippen LogP contribution in [0.3, 0.4) is 0 Å². The van der Waals surface area contributed by atoms with Gasteiger partial charge in [-0.3, -0.25) is 0 Å². The van der Waals surface area contributed by atoms with E-state index in [0.717, 1.165) is 25.8 Å². The Morgan fingerprint density at radius 2 is 2.00 bits per heavy atom. The SMILES string of the molecule is COC1(Cc2cccc(CCCCN)c2)CC1. The number of nitrogens with two attached hydrogens (primary N) is 1. The van der Waals surface area contributed by atoms with Crippen molar-refractivity contribution in [2.75, 3.05) is 13.7 Å². The second-order valence-corrected chi connectivity index (χ2v) is 5.13. The van der Waals surface area contributed by atoms with E-state index in [-0.39, 0.29) is 5.60 Å². The van der Waals surface area contributed by atoms with Crippen LogP contribution in [0.2, 0.25) is 0 Å². The normalized spacial score (nSPS) is 17.1. The van der Waals surface area contributed by atoms with Crippen LogP contribution in [0.5, 0.6) is 0 Å². The summed E-state index contributed by atoms with van der Waals surface area (Å²) < 4.78 is 5.57. The quantitative estimate of drug-likeness (QED) is 0.735. The Morgan fingerprint density at radius 1 is 1.24 bits per heavy atom. The molecule has 2 N–H and O–H groups in total. The summed E-state index contributed by atoms with van der Waals surface area (Å²) in [5.74, 6) is 0. The van der Waals surface area contributed by atoms with Crippen molar-refractivity contribution in [3.8, 4) is 0 Å². The number of aryl methyl sites for hydroxylation is 1. The van der Waals surface area contributed by atoms with Crippen LogP contribution in [0.1, 0.15) is 36.8 Å². The number of benzene rings is 1. The van der Waals surface area contributed by atoms with Gasteiger partial charge in [-0.1, -0.05) is 24.3 Å². The highest BCUT2D eigenvalue weighted by atomic mass is 16.5. The third-order valence-electron chi connectivity index (χ3n) is 3.68. The highest BCUT2D eigenvalue weighted by molar-refractivity contribution is 5.26. The summed E-state index contributed by atoms with van der Waals surface area (Å²) in [6.45, 7) is 0.798. The minimum absolute atomic E-state index is 0.163. The molecule has 0 spiro atoms. The highest BCUT2D eigenvalue weighted by Crippen LogP contribution is 2.41. The van der Waals surface area contributed by atoms with Gasteiger partial charge in [0, 0.05) is 13.5 Å². The zero-order valence-corrected chi connectivity index (χ0v) is 10.7. The van der Waals surface area contributed by atoms with E-state index in [0.29, 0.717) is 0 Å². The van der Waals surface area contributed by atoms with Crippen molar-refractivity contribution in [1.82, 2.24) is 0 Å². The van der Waals surface area contributed by atoms with Crippen LogP contribution in [0.25, 0.3) is 0 Å². The standard InChI is InChI=1S/C15H23NO/c1-17-15(8-9-15)12-14-7-4-6-13(11-14)5-2-3-10-16/h4,6-7,11H,2-3,5,8-10,12,16H2,1H3. The topological polar surface area (TPSA) is 35.2 Å². The van der Waals surface area contributed by atoms with E-state index in [1.807, 2.05) is 7.11 Å². The van der Waals surface area contributed by atoms with E-state index in [2.05, 4.69) is 24.3 Å². The number of unbranched alkanes of at least 4 members (excludes halogenated alkanes) is 1. The molecule has 1 saturated carbocycles. The molecule has 1 aliphatic carbocycles. The first-order chi connectivity index (χ1) is 8.28. The molecule has 0 radical (unpaired) electrons. The van der Waals surface area contributed by atoms with Gasteiger partial charge >= 0.3 is 0 Å². The minimum Gasteiger partial charge on any atom is -0.378 e. The Labute approximate surface area is 104 Å². The fraction of sp³-hybridized carbons (Fsp3) is 0.600. The molecule has 0 heterocycles. The zero-order valence-electron chi connectivity index (χ0n) is 10.7. The molecule has 2 nitrogen and oxygen atoms in total. The van der Waals surface area contributed by atoms with Crippen molar-refractivity contribution in [1.29, 1.82) is 0 Å². The van der Waals surface area contributed by atoms with Crippen LogP contribution >= 0.6 is 0 Å². The average Bonchev–Trinajstić information content (AvgIpc) is 3.10. The monoisotopic (exact) mass is 233 g/mol. The molecule has 94 valence electrons. The summed E-state index contributed by atoms with van der Waals surface area (Å²) in [5, 5.41) is 0. The van der Waals surface area contributed by atoms with Gasteiger partial charge < -0.3 is 10.5 Å². The number of hydrogen-bond donors (Lipinski definition) is 1. The van der Waals surface area contributed by atoms with E-state index in [1.54, 1.807) is 0 Å². The Kier molecular flexibility index (Phi) is 4.19. The van der Waals surface area contributed by atoms with Crippen LogP contribution in [-0.2, 0) is 17.6 Å². The van der Waals surface area contributed by atoms with Crippen LogP contribution < -0.4 is 5.73 Å². The molecule has 0 bridgehead atoms. The molecular weight excluding hydrogens is 210 g/mol. The van der Waals surface area contributed by atoms with Gasteiger partial charge in [-0.2, -0.15) is 0 Å². The van der Waals surface area contributed by atoms with Crippen molar-refractivity contribution < 1.29 is 4.74 Å². The lowest BCUT2D eigenvalue weighted by atomic mass is 10.0. The Balaban J connectivity index is 1.92. The predicted molar refractivity (Wildman–Crippen MR) is 71.1 cm³/mol. The average molecular weight is 233 g/mol. The predicted octanol–water partition coefficient (Wildman–Crippen LogP) is 2.69. The molecule has 2 heteroatoms. The molecule has 0 aliphatic heterocycles. The third-order valence-corrected chi connectivity index (χ3v) is 3.68. The summed E-state index contributed by atoms with van der Waals surface area (Å²) in [7, 11) is 1.83. The van der Waals surface area contributed by atoms with Gasteiger partial charge in [0.2, 0.25) is 0 Å². The van der Waals surface area contributed by atoms with Crippen LogP contribution in [0, 0.1) is 0 Å². The van der Waals surface area contributed by atoms with Crippen molar-refractivity contribution in [2.45, 2.75) is 44.1 Å². The van der Waals surface area contributed by atoms with E-state index >= 15 is 0 Å². The van der Waals surface area contributed by atoms with Crippen LogP contribution in [0.15, 0.2) is 24.3 Å². The molecule has 0 unspecified atom stereocenters. The first kappa shape index (κ1) is 12.6. The maximum absolute atomic E-state index is 5.57. The Bertz CT molecular complexity index is 358. The van der Waals surface area contributed by atoms with Crippen molar-refractivity contribution in [3.05, 3.63) is 35.4 Å². The molecule has 17 heavy (non-hydrogen) atoms. The molecule has 1 aromatic carbocycles. The van der Waals surface area contributed by atoms with Gasteiger partial charge in [0.25, 0.3) is 0 Å². The Morgan fingerprint density at radius 3 is 2.65 bits per heavy atom. The maximum atomic E-state index is 5.57. The minimum atomic E-state index is 0.163. The maximum Gasteiger partial charge on any atom is 0.0721 e. The largest absolute Gasteiger partial charge is 0.378 e. The van der Waals surface area contributed by atoms with Gasteiger partial charge in [-0.25, -0.2) is 0 Å². The molecule has 0 saturated heterocycles. The second-order valence-electron chi connectivity index (χ2n) is 5.13. The molecule has 0 atom stereocenters. The zero-order chi connectivity index (χ0) is 12.1. The molecule has 1 aromatic rings. The van der Waals surface area contributed by atoms with Gasteiger partial charge in [-0.05, 0) is 49.8 Å². The first-order valence-electron chi connectivity index (χ1n) is 6.61. The highest BCUT2D eigenvalue weighted by Gasteiger charge is 2.42. The number of rotatable bonds is 7. The lowest BCUT2D eigenvalue weighted by molar-refractivity contribution is 0.0807. The molecule has 0 aromatic heterocycles.